The van der Waals surface area contributed by atoms with Crippen molar-refractivity contribution in [3.05, 3.63) is 0 Å². The maximum atomic E-state index is 0. The molecule has 0 unspecified atom stereocenters. The summed E-state index contributed by atoms with van der Waals surface area (Å²) in [6, 6.07) is 0. The quantitative estimate of drug-likeness (QED) is 0.376. The Labute approximate surface area is 72.6 Å². The fourth-order valence-electron chi connectivity index (χ4n) is 0. The van der Waals surface area contributed by atoms with Gasteiger partial charge in [0.05, 0.1) is 0 Å². The zero-order valence-corrected chi connectivity index (χ0v) is 3.94. The summed E-state index contributed by atoms with van der Waals surface area (Å²) in [5.74, 6) is 0. The first kappa shape index (κ1) is 34.9. The second-order valence-electron chi connectivity index (χ2n) is 0. The van der Waals surface area contributed by atoms with Gasteiger partial charge >= 0.3 is 29.6 Å². The van der Waals surface area contributed by atoms with E-state index in [0.717, 1.165) is 0 Å². The second kappa shape index (κ2) is 19.0. The van der Waals surface area contributed by atoms with E-state index in [9.17, 15) is 0 Å². The summed E-state index contributed by atoms with van der Waals surface area (Å²) in [6.45, 7) is 0. The van der Waals surface area contributed by atoms with Crippen molar-refractivity contribution < 1.29 is 44.0 Å². The maximum Gasteiger partial charge on any atom is 0 e. The van der Waals surface area contributed by atoms with Crippen LogP contribution in [-0.2, 0) is 38.5 Å². The minimum atomic E-state index is 0. The molecule has 0 aliphatic carbocycles. The van der Waals surface area contributed by atoms with Crippen LogP contribution in [0.4, 0.5) is 0 Å². The van der Waals surface area contributed by atoms with Gasteiger partial charge in [-0.2, -0.15) is 0 Å². The fourth-order valence-corrected chi connectivity index (χ4v) is 0. The van der Waals surface area contributed by atoms with Crippen LogP contribution >= 0.6 is 0 Å². The minimum Gasteiger partial charge on any atom is 0 e. The van der Waals surface area contributed by atoms with Crippen LogP contribution in [0.25, 0.3) is 0 Å². The summed E-state index contributed by atoms with van der Waals surface area (Å²) in [4.78, 5) is 0. The molecular weight excluding hydrogens is 146 g/mol. The molecule has 0 heterocycles. The maximum absolute atomic E-state index is 0. The van der Waals surface area contributed by atoms with E-state index >= 15 is 0 Å². The van der Waals surface area contributed by atoms with Gasteiger partial charge in [0.1, 0.15) is 0 Å². The molecule has 23 valence electrons. The third-order valence-electron chi connectivity index (χ3n) is 0. The number of hydrogen-bond donors (Lipinski definition) is 0. The standard InChI is InChI=1S/Co.Na.H2O.Ti.H/h;;1H2;;. The van der Waals surface area contributed by atoms with Crippen molar-refractivity contribution in [2.45, 2.75) is 0 Å². The molecule has 0 aromatic heterocycles. The van der Waals surface area contributed by atoms with Gasteiger partial charge in [0.25, 0.3) is 0 Å². The molecule has 0 aromatic carbocycles. The molecule has 0 saturated carbocycles. The molecule has 0 rings (SSSR count). The van der Waals surface area contributed by atoms with Gasteiger partial charge in [0.15, 0.2) is 0 Å². The van der Waals surface area contributed by atoms with E-state index < -0.39 is 0 Å². The monoisotopic (exact) mass is 149 g/mol. The molecular formula is H3CoNaOTi. The first-order chi connectivity index (χ1) is 0. The van der Waals surface area contributed by atoms with E-state index in [1.54, 1.807) is 0 Å². The van der Waals surface area contributed by atoms with Gasteiger partial charge in [-0.3, -0.25) is 0 Å². The summed E-state index contributed by atoms with van der Waals surface area (Å²) in [5.41, 5.74) is 0. The average molecular weight is 149 g/mol. The second-order valence-corrected chi connectivity index (χ2v) is 0. The summed E-state index contributed by atoms with van der Waals surface area (Å²) < 4.78 is 0. The van der Waals surface area contributed by atoms with Crippen LogP contribution in [-0.4, -0.2) is 35.0 Å². The summed E-state index contributed by atoms with van der Waals surface area (Å²) >= 11 is 0. The van der Waals surface area contributed by atoms with E-state index in [1.807, 2.05) is 0 Å². The van der Waals surface area contributed by atoms with Crippen molar-refractivity contribution in [1.82, 2.24) is 0 Å². The SMILES string of the molecule is O.[Co].[NaH].[Ti]. The van der Waals surface area contributed by atoms with E-state index in [1.165, 1.54) is 0 Å². The van der Waals surface area contributed by atoms with E-state index in [2.05, 4.69) is 0 Å². The molecule has 0 aliphatic rings. The van der Waals surface area contributed by atoms with Crippen molar-refractivity contribution in [2.24, 2.45) is 0 Å². The molecule has 0 saturated heterocycles. The molecule has 0 bridgehead atoms. The smallest absolute Gasteiger partial charge is 0 e. The van der Waals surface area contributed by atoms with Crippen LogP contribution in [0.2, 0.25) is 0 Å². The first-order valence-electron chi connectivity index (χ1n) is 0. The molecule has 4 heavy (non-hydrogen) atoms. The van der Waals surface area contributed by atoms with Crippen LogP contribution in [0.3, 0.4) is 0 Å². The normalized spacial score (nSPS) is 0. The Balaban J connectivity index is 0. The van der Waals surface area contributed by atoms with Crippen LogP contribution < -0.4 is 0 Å². The van der Waals surface area contributed by atoms with Crippen molar-refractivity contribution in [2.75, 3.05) is 0 Å². The van der Waals surface area contributed by atoms with Crippen LogP contribution in [0.1, 0.15) is 0 Å². The minimum absolute atomic E-state index is 0. The molecule has 2 N–H and O–H groups in total. The van der Waals surface area contributed by atoms with E-state index in [-0.39, 0.29) is 73.5 Å². The van der Waals surface area contributed by atoms with Crippen molar-refractivity contribution >= 4 is 29.6 Å². The molecule has 0 fully saturated rings. The van der Waals surface area contributed by atoms with Gasteiger partial charge in [-0.25, -0.2) is 0 Å². The van der Waals surface area contributed by atoms with Gasteiger partial charge < -0.3 is 5.48 Å². The fraction of sp³-hybridized carbons (Fsp3) is 0. The Bertz CT molecular complexity index is 8.00. The third kappa shape index (κ3) is 8.89. The van der Waals surface area contributed by atoms with Crippen molar-refractivity contribution in [1.29, 1.82) is 0 Å². The van der Waals surface area contributed by atoms with Crippen molar-refractivity contribution in [3.8, 4) is 0 Å². The number of rotatable bonds is 0. The Morgan fingerprint density at radius 2 is 1.00 bits per heavy atom. The number of hydrogen-bond acceptors (Lipinski definition) is 0. The zero-order chi connectivity index (χ0) is 0. The molecule has 0 atom stereocenters. The Kier molecular flexibility index (Phi) is 166. The van der Waals surface area contributed by atoms with Gasteiger partial charge in [-0.05, 0) is 0 Å². The third-order valence-corrected chi connectivity index (χ3v) is 0. The first-order valence-corrected chi connectivity index (χ1v) is 0. The molecule has 0 aromatic rings. The molecule has 4 heteroatoms. The summed E-state index contributed by atoms with van der Waals surface area (Å²) in [6.07, 6.45) is 0. The molecule has 0 spiro atoms. The molecule has 0 aliphatic heterocycles. The van der Waals surface area contributed by atoms with Crippen molar-refractivity contribution in [3.63, 3.8) is 0 Å². The predicted molar refractivity (Wildman–Crippen MR) is 10.8 cm³/mol. The molecule has 1 nitrogen and oxygen atoms in total. The van der Waals surface area contributed by atoms with Crippen LogP contribution in [0.15, 0.2) is 0 Å². The van der Waals surface area contributed by atoms with Gasteiger partial charge in [0, 0.05) is 38.5 Å². The largest absolute Gasteiger partial charge is 0 e. The predicted octanol–water partition coefficient (Wildman–Crippen LogP) is -1.48. The zero-order valence-electron chi connectivity index (χ0n) is 1.33. The van der Waals surface area contributed by atoms with Gasteiger partial charge in [0.2, 0.25) is 0 Å². The Hall–Kier alpha value is 2.18. The molecule has 1 radical (unpaired) electrons. The summed E-state index contributed by atoms with van der Waals surface area (Å²) in [7, 11) is 0. The summed E-state index contributed by atoms with van der Waals surface area (Å²) in [5, 5.41) is 0. The van der Waals surface area contributed by atoms with Gasteiger partial charge in [-0.15, -0.1) is 0 Å². The molecule has 0 amide bonds. The average Bonchev–Trinajstić information content (AvgIpc) is 0. The van der Waals surface area contributed by atoms with E-state index in [4.69, 9.17) is 0 Å². The van der Waals surface area contributed by atoms with Crippen LogP contribution in [0.5, 0.6) is 0 Å². The Morgan fingerprint density at radius 3 is 1.00 bits per heavy atom. The Morgan fingerprint density at radius 1 is 1.00 bits per heavy atom. The topological polar surface area (TPSA) is 31.5 Å². The van der Waals surface area contributed by atoms with Crippen LogP contribution in [0, 0.1) is 0 Å². The van der Waals surface area contributed by atoms with Gasteiger partial charge in [-0.1, -0.05) is 0 Å². The van der Waals surface area contributed by atoms with E-state index in [0.29, 0.717) is 0 Å².